The fourth-order valence-corrected chi connectivity index (χ4v) is 5.39. The summed E-state index contributed by atoms with van der Waals surface area (Å²) in [5.74, 6) is -0.345. The maximum absolute atomic E-state index is 13.6. The molecule has 1 saturated heterocycles. The highest BCUT2D eigenvalue weighted by atomic mass is 19.1. The van der Waals surface area contributed by atoms with Gasteiger partial charge in [-0.25, -0.2) is 9.18 Å². The molecule has 0 atom stereocenters. The van der Waals surface area contributed by atoms with Crippen molar-refractivity contribution in [2.75, 3.05) is 19.6 Å². The molecule has 0 radical (unpaired) electrons. The van der Waals surface area contributed by atoms with Crippen molar-refractivity contribution in [2.24, 2.45) is 0 Å². The molecule has 6 rings (SSSR count). The van der Waals surface area contributed by atoms with Crippen molar-refractivity contribution in [3.05, 3.63) is 118 Å². The van der Waals surface area contributed by atoms with Crippen molar-refractivity contribution in [2.45, 2.75) is 24.5 Å². The SMILES string of the molecule is O=c1[nH]c2cc(F)ccc2n1C1CCN(CC2=CC(c3ccccc3)(c3ccccc3)ON2)CC1. The normalized spacial score (nSPS) is 18.5. The van der Waals surface area contributed by atoms with Crippen molar-refractivity contribution in [1.29, 1.82) is 0 Å². The van der Waals surface area contributed by atoms with Gasteiger partial charge in [0.1, 0.15) is 5.82 Å². The average molecular weight is 471 g/mol. The van der Waals surface area contributed by atoms with Crippen LogP contribution in [0.1, 0.15) is 30.0 Å². The molecule has 0 bridgehead atoms. The second-order valence-electron chi connectivity index (χ2n) is 9.31. The van der Waals surface area contributed by atoms with E-state index in [9.17, 15) is 9.18 Å². The summed E-state index contributed by atoms with van der Waals surface area (Å²) in [6, 6.07) is 25.0. The number of aromatic amines is 1. The zero-order chi connectivity index (χ0) is 23.8. The summed E-state index contributed by atoms with van der Waals surface area (Å²) in [5.41, 5.74) is 6.82. The number of H-pyrrole nitrogens is 1. The third kappa shape index (κ3) is 3.96. The Morgan fingerprint density at radius 1 is 0.943 bits per heavy atom. The molecule has 35 heavy (non-hydrogen) atoms. The van der Waals surface area contributed by atoms with E-state index in [1.54, 1.807) is 10.6 Å². The van der Waals surface area contributed by atoms with Crippen LogP contribution in [-0.2, 0) is 10.4 Å². The summed E-state index contributed by atoms with van der Waals surface area (Å²) < 4.78 is 15.4. The Kier molecular flexibility index (Phi) is 5.51. The molecule has 0 saturated carbocycles. The molecule has 1 fully saturated rings. The van der Waals surface area contributed by atoms with Gasteiger partial charge in [0.05, 0.1) is 16.7 Å². The smallest absolute Gasteiger partial charge is 0.305 e. The van der Waals surface area contributed by atoms with Crippen molar-refractivity contribution < 1.29 is 9.23 Å². The lowest BCUT2D eigenvalue weighted by Crippen LogP contribution is -2.38. The average Bonchev–Trinajstić information content (AvgIpc) is 3.46. The summed E-state index contributed by atoms with van der Waals surface area (Å²) in [6.45, 7) is 2.45. The van der Waals surface area contributed by atoms with Gasteiger partial charge in [0.15, 0.2) is 5.60 Å². The van der Waals surface area contributed by atoms with Crippen LogP contribution in [0.4, 0.5) is 4.39 Å². The Morgan fingerprint density at radius 3 is 2.26 bits per heavy atom. The summed E-state index contributed by atoms with van der Waals surface area (Å²) >= 11 is 0. The van der Waals surface area contributed by atoms with Crippen LogP contribution in [0.25, 0.3) is 11.0 Å². The molecule has 0 amide bonds. The first-order chi connectivity index (χ1) is 17.1. The standard InChI is InChI=1S/C28H27FN4O2/c29-22-11-12-26-25(17-22)30-27(34)33(26)24-13-15-32(16-14-24)19-23-18-28(35-31-23,20-7-3-1-4-8-20)21-9-5-2-6-10-21/h1-12,17-18,24,31H,13-16,19H2,(H,30,34). The second-order valence-corrected chi connectivity index (χ2v) is 9.31. The number of imidazole rings is 1. The van der Waals surface area contributed by atoms with Crippen LogP contribution in [0.2, 0.25) is 0 Å². The molecular weight excluding hydrogens is 443 g/mol. The number of halogens is 1. The zero-order valence-electron chi connectivity index (χ0n) is 19.3. The van der Waals surface area contributed by atoms with Gasteiger partial charge in [-0.1, -0.05) is 60.7 Å². The van der Waals surface area contributed by atoms with E-state index in [0.29, 0.717) is 5.52 Å². The summed E-state index contributed by atoms with van der Waals surface area (Å²) in [5, 5.41) is 0. The van der Waals surface area contributed by atoms with Gasteiger partial charge >= 0.3 is 5.69 Å². The molecule has 0 unspecified atom stereocenters. The Hall–Kier alpha value is -3.68. The molecule has 3 aromatic carbocycles. The van der Waals surface area contributed by atoms with Gasteiger partial charge in [0, 0.05) is 25.7 Å². The Bertz CT molecular complexity index is 1380. The number of hydrogen-bond acceptors (Lipinski definition) is 4. The molecule has 178 valence electrons. The number of nitrogens with one attached hydrogen (secondary N) is 2. The molecule has 2 aliphatic heterocycles. The van der Waals surface area contributed by atoms with Gasteiger partial charge < -0.3 is 4.98 Å². The summed E-state index contributed by atoms with van der Waals surface area (Å²) in [6.07, 6.45) is 3.88. The van der Waals surface area contributed by atoms with Crippen molar-refractivity contribution in [3.8, 4) is 0 Å². The topological polar surface area (TPSA) is 62.3 Å². The molecule has 2 aliphatic rings. The minimum Gasteiger partial charge on any atom is -0.305 e. The molecule has 0 aliphatic carbocycles. The summed E-state index contributed by atoms with van der Waals surface area (Å²) in [4.78, 5) is 24.0. The highest BCUT2D eigenvalue weighted by Gasteiger charge is 2.39. The number of piperidine rings is 1. The van der Waals surface area contributed by atoms with E-state index < -0.39 is 5.60 Å². The molecule has 0 spiro atoms. The lowest BCUT2D eigenvalue weighted by molar-refractivity contribution is -0.0186. The first-order valence-electron chi connectivity index (χ1n) is 12.0. The largest absolute Gasteiger partial charge is 0.326 e. The maximum Gasteiger partial charge on any atom is 0.326 e. The van der Waals surface area contributed by atoms with Gasteiger partial charge in [0.25, 0.3) is 0 Å². The van der Waals surface area contributed by atoms with Gasteiger partial charge in [-0.2, -0.15) is 0 Å². The molecule has 3 heterocycles. The highest BCUT2D eigenvalue weighted by Crippen LogP contribution is 2.38. The number of fused-ring (bicyclic) bond motifs is 1. The van der Waals surface area contributed by atoms with E-state index in [0.717, 1.165) is 54.8 Å². The van der Waals surface area contributed by atoms with Crippen LogP contribution in [-0.4, -0.2) is 34.1 Å². The number of hydrogen-bond donors (Lipinski definition) is 2. The van der Waals surface area contributed by atoms with Gasteiger partial charge in [0.2, 0.25) is 0 Å². The third-order valence-corrected chi connectivity index (χ3v) is 7.12. The minimum atomic E-state index is -0.678. The monoisotopic (exact) mass is 470 g/mol. The fraction of sp³-hybridized carbons (Fsp3) is 0.250. The fourth-order valence-electron chi connectivity index (χ4n) is 5.39. The molecule has 4 aromatic rings. The van der Waals surface area contributed by atoms with E-state index in [2.05, 4.69) is 45.7 Å². The molecule has 6 nitrogen and oxygen atoms in total. The molecule has 2 N–H and O–H groups in total. The van der Waals surface area contributed by atoms with Crippen molar-refractivity contribution >= 4 is 11.0 Å². The zero-order valence-corrected chi connectivity index (χ0v) is 19.3. The quantitative estimate of drug-likeness (QED) is 0.452. The van der Waals surface area contributed by atoms with Crippen LogP contribution < -0.4 is 11.2 Å². The van der Waals surface area contributed by atoms with Crippen molar-refractivity contribution in [1.82, 2.24) is 19.9 Å². The van der Waals surface area contributed by atoms with E-state index >= 15 is 0 Å². The molecule has 7 heteroatoms. The van der Waals surface area contributed by atoms with E-state index in [1.807, 2.05) is 36.4 Å². The summed E-state index contributed by atoms with van der Waals surface area (Å²) in [7, 11) is 0. The van der Waals surface area contributed by atoms with Crippen LogP contribution in [0.5, 0.6) is 0 Å². The number of benzene rings is 3. The first-order valence-corrected chi connectivity index (χ1v) is 12.0. The molecular formula is C28H27FN4O2. The van der Waals surface area contributed by atoms with Crippen LogP contribution in [0.3, 0.4) is 0 Å². The number of aromatic nitrogens is 2. The van der Waals surface area contributed by atoms with Gasteiger partial charge in [-0.15, -0.1) is 0 Å². The van der Waals surface area contributed by atoms with Crippen LogP contribution in [0.15, 0.2) is 95.4 Å². The Balaban J connectivity index is 1.20. The Morgan fingerprint density at radius 2 is 1.60 bits per heavy atom. The minimum absolute atomic E-state index is 0.0902. The number of nitrogens with zero attached hydrogens (tertiary/aromatic N) is 2. The molecule has 1 aromatic heterocycles. The van der Waals surface area contributed by atoms with E-state index in [1.165, 1.54) is 12.1 Å². The predicted octanol–water partition coefficient (Wildman–Crippen LogP) is 4.47. The Labute approximate surface area is 202 Å². The highest BCUT2D eigenvalue weighted by molar-refractivity contribution is 5.75. The lowest BCUT2D eigenvalue weighted by atomic mass is 9.86. The van der Waals surface area contributed by atoms with Gasteiger partial charge in [-0.05, 0) is 48.2 Å². The second kappa shape index (κ2) is 8.83. The van der Waals surface area contributed by atoms with Crippen molar-refractivity contribution in [3.63, 3.8) is 0 Å². The number of rotatable bonds is 5. The number of hydroxylamine groups is 1. The maximum atomic E-state index is 13.6. The van der Waals surface area contributed by atoms with E-state index in [-0.39, 0.29) is 17.5 Å². The third-order valence-electron chi connectivity index (χ3n) is 7.12. The predicted molar refractivity (Wildman–Crippen MR) is 133 cm³/mol. The first kappa shape index (κ1) is 21.8. The van der Waals surface area contributed by atoms with Gasteiger partial charge in [-0.3, -0.25) is 19.8 Å². The van der Waals surface area contributed by atoms with E-state index in [4.69, 9.17) is 4.84 Å². The van der Waals surface area contributed by atoms with Crippen LogP contribution >= 0.6 is 0 Å². The number of likely N-dealkylation sites (tertiary alicyclic amines) is 1. The van der Waals surface area contributed by atoms with Crippen LogP contribution in [0, 0.1) is 5.82 Å². The lowest BCUT2D eigenvalue weighted by Gasteiger charge is -2.32.